The first-order valence-electron chi connectivity index (χ1n) is 8.44. The Kier molecular flexibility index (Phi) is 7.66. The molecule has 0 unspecified atom stereocenters. The van der Waals surface area contributed by atoms with Crippen molar-refractivity contribution in [3.63, 3.8) is 0 Å². The zero-order valence-corrected chi connectivity index (χ0v) is 16.8. The molecule has 0 saturated heterocycles. The maximum atomic E-state index is 12.3. The second kappa shape index (κ2) is 9.74. The minimum atomic E-state index is -1.02. The van der Waals surface area contributed by atoms with Crippen molar-refractivity contribution >= 4 is 40.8 Å². The molecule has 1 N–H and O–H groups in total. The van der Waals surface area contributed by atoms with Crippen LogP contribution in [0.3, 0.4) is 0 Å². The molecule has 0 aliphatic carbocycles. The predicted octanol–water partition coefficient (Wildman–Crippen LogP) is 5.10. The summed E-state index contributed by atoms with van der Waals surface area (Å²) in [6.45, 7) is 5.84. The molecule has 5 nitrogen and oxygen atoms in total. The van der Waals surface area contributed by atoms with Gasteiger partial charge in [-0.25, -0.2) is 4.79 Å². The molecule has 0 spiro atoms. The number of para-hydroxylation sites is 1. The topological polar surface area (TPSA) is 64.6 Å². The van der Waals surface area contributed by atoms with E-state index in [1.165, 1.54) is 6.92 Å². The van der Waals surface area contributed by atoms with Crippen molar-refractivity contribution in [3.05, 3.63) is 63.6 Å². The minimum absolute atomic E-state index is 0.126. The number of anilines is 1. The van der Waals surface area contributed by atoms with E-state index in [1.54, 1.807) is 42.5 Å². The van der Waals surface area contributed by atoms with E-state index in [4.69, 9.17) is 32.7 Å². The van der Waals surface area contributed by atoms with Crippen LogP contribution in [0, 0.1) is 0 Å². The fraction of sp³-hybridized carbons (Fsp3) is 0.300. The van der Waals surface area contributed by atoms with Gasteiger partial charge in [0.2, 0.25) is 0 Å². The fourth-order valence-corrected chi connectivity index (χ4v) is 2.62. The average molecular weight is 410 g/mol. The van der Waals surface area contributed by atoms with Crippen molar-refractivity contribution in [1.29, 1.82) is 0 Å². The number of carbonyl (C=O) groups is 2. The predicted molar refractivity (Wildman–Crippen MR) is 106 cm³/mol. The number of halogens is 2. The number of hydrogen-bond acceptors (Lipinski definition) is 4. The lowest BCUT2D eigenvalue weighted by atomic mass is 10.1. The monoisotopic (exact) mass is 409 g/mol. The second-order valence-electron chi connectivity index (χ2n) is 6.19. The SMILES string of the molecule is CC(C)OCc1ccc(C(=O)O[C@@H](C)C(=O)Nc2c(Cl)cccc2Cl)cc1. The van der Waals surface area contributed by atoms with Crippen LogP contribution in [0.1, 0.15) is 36.7 Å². The summed E-state index contributed by atoms with van der Waals surface area (Å²) in [4.78, 5) is 24.5. The zero-order valence-electron chi connectivity index (χ0n) is 15.3. The van der Waals surface area contributed by atoms with Crippen molar-refractivity contribution in [1.82, 2.24) is 0 Å². The van der Waals surface area contributed by atoms with Gasteiger partial charge in [0.1, 0.15) is 0 Å². The molecule has 2 rings (SSSR count). The Morgan fingerprint density at radius 3 is 2.15 bits per heavy atom. The summed E-state index contributed by atoms with van der Waals surface area (Å²) < 4.78 is 10.7. The van der Waals surface area contributed by atoms with Gasteiger partial charge in [-0.15, -0.1) is 0 Å². The lowest BCUT2D eigenvalue weighted by Gasteiger charge is -2.15. The zero-order chi connectivity index (χ0) is 20.0. The Labute approximate surface area is 168 Å². The Balaban J connectivity index is 1.95. The third kappa shape index (κ3) is 6.24. The number of amides is 1. The van der Waals surface area contributed by atoms with E-state index in [1.807, 2.05) is 13.8 Å². The minimum Gasteiger partial charge on any atom is -0.449 e. The van der Waals surface area contributed by atoms with Gasteiger partial charge in [-0.3, -0.25) is 4.79 Å². The quantitative estimate of drug-likeness (QED) is 0.645. The highest BCUT2D eigenvalue weighted by atomic mass is 35.5. The van der Waals surface area contributed by atoms with Gasteiger partial charge in [0.05, 0.1) is 34.0 Å². The van der Waals surface area contributed by atoms with Crippen LogP contribution in [-0.4, -0.2) is 24.1 Å². The fourth-order valence-electron chi connectivity index (χ4n) is 2.12. The van der Waals surface area contributed by atoms with Crippen LogP contribution >= 0.6 is 23.2 Å². The summed E-state index contributed by atoms with van der Waals surface area (Å²) >= 11 is 12.0. The number of carbonyl (C=O) groups excluding carboxylic acids is 2. The van der Waals surface area contributed by atoms with Crippen molar-refractivity contribution in [2.45, 2.75) is 39.6 Å². The van der Waals surface area contributed by atoms with Gasteiger partial charge in [0.15, 0.2) is 6.10 Å². The molecule has 0 aliphatic heterocycles. The lowest BCUT2D eigenvalue weighted by Crippen LogP contribution is -2.30. The van der Waals surface area contributed by atoms with E-state index in [0.717, 1.165) is 5.56 Å². The molecule has 0 bridgehead atoms. The number of hydrogen-bond donors (Lipinski definition) is 1. The van der Waals surface area contributed by atoms with Crippen molar-refractivity contribution in [2.24, 2.45) is 0 Å². The van der Waals surface area contributed by atoms with Crippen LogP contribution in [0.5, 0.6) is 0 Å². The molecule has 2 aromatic rings. The molecular formula is C20H21Cl2NO4. The van der Waals surface area contributed by atoms with Crippen LogP contribution in [-0.2, 0) is 20.9 Å². The highest BCUT2D eigenvalue weighted by Gasteiger charge is 2.20. The summed E-state index contributed by atoms with van der Waals surface area (Å²) in [7, 11) is 0. The van der Waals surface area contributed by atoms with Crippen molar-refractivity contribution in [2.75, 3.05) is 5.32 Å². The molecule has 0 aromatic heterocycles. The molecule has 7 heteroatoms. The largest absolute Gasteiger partial charge is 0.449 e. The van der Waals surface area contributed by atoms with E-state index in [9.17, 15) is 9.59 Å². The summed E-state index contributed by atoms with van der Waals surface area (Å²) in [6.07, 6.45) is -0.894. The summed E-state index contributed by atoms with van der Waals surface area (Å²) in [5, 5.41) is 3.17. The van der Waals surface area contributed by atoms with Crippen LogP contribution in [0.15, 0.2) is 42.5 Å². The Bertz CT molecular complexity index is 786. The lowest BCUT2D eigenvalue weighted by molar-refractivity contribution is -0.123. The summed E-state index contributed by atoms with van der Waals surface area (Å²) in [6, 6.07) is 11.7. The number of esters is 1. The molecule has 0 saturated carbocycles. The first kappa shape index (κ1) is 21.2. The molecular weight excluding hydrogens is 389 g/mol. The molecule has 0 radical (unpaired) electrons. The van der Waals surface area contributed by atoms with Gasteiger partial charge in [-0.1, -0.05) is 41.4 Å². The van der Waals surface area contributed by atoms with Gasteiger partial charge in [-0.05, 0) is 50.6 Å². The number of benzene rings is 2. The third-order valence-corrected chi connectivity index (χ3v) is 4.27. The van der Waals surface area contributed by atoms with Gasteiger partial charge in [0, 0.05) is 0 Å². The first-order chi connectivity index (χ1) is 12.8. The normalized spacial score (nSPS) is 11.9. The van der Waals surface area contributed by atoms with E-state index in [2.05, 4.69) is 5.32 Å². The summed E-state index contributed by atoms with van der Waals surface area (Å²) in [5.41, 5.74) is 1.57. The summed E-state index contributed by atoms with van der Waals surface area (Å²) in [5.74, 6) is -1.13. The molecule has 0 heterocycles. The molecule has 1 amide bonds. The van der Waals surface area contributed by atoms with E-state index in [-0.39, 0.29) is 11.8 Å². The third-order valence-electron chi connectivity index (χ3n) is 3.64. The molecule has 1 atom stereocenters. The number of rotatable bonds is 7. The Hall–Kier alpha value is -2.08. The maximum absolute atomic E-state index is 12.3. The van der Waals surface area contributed by atoms with Crippen LogP contribution in [0.4, 0.5) is 5.69 Å². The molecule has 144 valence electrons. The molecule has 27 heavy (non-hydrogen) atoms. The van der Waals surface area contributed by atoms with Crippen LogP contribution in [0.2, 0.25) is 10.0 Å². The first-order valence-corrected chi connectivity index (χ1v) is 9.20. The highest BCUT2D eigenvalue weighted by molar-refractivity contribution is 6.39. The van der Waals surface area contributed by atoms with Gasteiger partial charge in [-0.2, -0.15) is 0 Å². The van der Waals surface area contributed by atoms with Gasteiger partial charge < -0.3 is 14.8 Å². The van der Waals surface area contributed by atoms with Gasteiger partial charge >= 0.3 is 5.97 Å². The smallest absolute Gasteiger partial charge is 0.338 e. The standard InChI is InChI=1S/C20H21Cl2NO4/c1-12(2)26-11-14-7-9-15(10-8-14)20(25)27-13(3)19(24)23-18-16(21)5-4-6-17(18)22/h4-10,12-13H,11H2,1-3H3,(H,23,24)/t13-/m0/s1. The van der Waals surface area contributed by atoms with E-state index < -0.39 is 18.0 Å². The van der Waals surface area contributed by atoms with E-state index >= 15 is 0 Å². The number of ether oxygens (including phenoxy) is 2. The average Bonchev–Trinajstić information content (AvgIpc) is 2.63. The van der Waals surface area contributed by atoms with E-state index in [0.29, 0.717) is 22.2 Å². The molecule has 2 aromatic carbocycles. The maximum Gasteiger partial charge on any atom is 0.338 e. The van der Waals surface area contributed by atoms with Crippen LogP contribution in [0.25, 0.3) is 0 Å². The second-order valence-corrected chi connectivity index (χ2v) is 7.00. The molecule has 0 fully saturated rings. The van der Waals surface area contributed by atoms with Crippen molar-refractivity contribution in [3.8, 4) is 0 Å². The van der Waals surface area contributed by atoms with Crippen LogP contribution < -0.4 is 5.32 Å². The Morgan fingerprint density at radius 2 is 1.59 bits per heavy atom. The van der Waals surface area contributed by atoms with Gasteiger partial charge in [0.25, 0.3) is 5.91 Å². The number of nitrogens with one attached hydrogen (secondary N) is 1. The Morgan fingerprint density at radius 1 is 1.00 bits per heavy atom. The highest BCUT2D eigenvalue weighted by Crippen LogP contribution is 2.30. The van der Waals surface area contributed by atoms with Crippen molar-refractivity contribution < 1.29 is 19.1 Å². The molecule has 0 aliphatic rings.